The molecule has 6 nitrogen and oxygen atoms in total. The summed E-state index contributed by atoms with van der Waals surface area (Å²) in [6.07, 6.45) is 2.09. The highest BCUT2D eigenvalue weighted by Gasteiger charge is 2.34. The predicted octanol–water partition coefficient (Wildman–Crippen LogP) is 1.38. The van der Waals surface area contributed by atoms with Crippen LogP contribution in [-0.4, -0.2) is 41.9 Å². The molecule has 1 aliphatic heterocycles. The Morgan fingerprint density at radius 1 is 1.53 bits per heavy atom. The van der Waals surface area contributed by atoms with Crippen molar-refractivity contribution in [3.05, 3.63) is 18.0 Å². The normalized spacial score (nSPS) is 21.1. The fourth-order valence-corrected chi connectivity index (χ4v) is 3.82. The first-order valence-electron chi connectivity index (χ1n) is 6.24. The molecule has 1 aromatic heterocycles. The smallest absolute Gasteiger partial charge is 0.352 e. The van der Waals surface area contributed by atoms with Gasteiger partial charge in [0.05, 0.1) is 0 Å². The fourth-order valence-electron chi connectivity index (χ4n) is 2.31. The van der Waals surface area contributed by atoms with Gasteiger partial charge in [-0.1, -0.05) is 13.8 Å². The Labute approximate surface area is 112 Å². The van der Waals surface area contributed by atoms with Gasteiger partial charge in [-0.25, -0.2) is 13.2 Å². The van der Waals surface area contributed by atoms with Crippen LogP contribution in [-0.2, 0) is 10.0 Å². The minimum absolute atomic E-state index is 0.0225. The molecule has 1 aromatic rings. The summed E-state index contributed by atoms with van der Waals surface area (Å²) in [5.74, 6) is -0.350. The summed E-state index contributed by atoms with van der Waals surface area (Å²) in [6, 6.07) is 1.17. The second-order valence-electron chi connectivity index (χ2n) is 5.21. The minimum atomic E-state index is -3.58. The van der Waals surface area contributed by atoms with Gasteiger partial charge in [-0.15, -0.1) is 0 Å². The van der Waals surface area contributed by atoms with Gasteiger partial charge in [0.15, 0.2) is 0 Å². The molecule has 1 saturated heterocycles. The zero-order valence-corrected chi connectivity index (χ0v) is 11.8. The molecular formula is C12H18N2O4S. The van der Waals surface area contributed by atoms with E-state index in [0.717, 1.165) is 6.42 Å². The first kappa shape index (κ1) is 14.1. The van der Waals surface area contributed by atoms with Crippen LogP contribution >= 0.6 is 0 Å². The van der Waals surface area contributed by atoms with Gasteiger partial charge in [-0.2, -0.15) is 4.31 Å². The number of hydrogen-bond donors (Lipinski definition) is 2. The van der Waals surface area contributed by atoms with Crippen LogP contribution in [0, 0.1) is 11.8 Å². The molecule has 7 heteroatoms. The van der Waals surface area contributed by atoms with E-state index in [1.807, 2.05) is 0 Å². The van der Waals surface area contributed by atoms with Crippen LogP contribution in [0.4, 0.5) is 0 Å². The number of nitrogens with one attached hydrogen (secondary N) is 1. The van der Waals surface area contributed by atoms with Gasteiger partial charge in [0.2, 0.25) is 10.0 Å². The molecule has 1 atom stereocenters. The number of aromatic carboxylic acids is 1. The molecule has 0 amide bonds. The summed E-state index contributed by atoms with van der Waals surface area (Å²) in [4.78, 5) is 13.3. The van der Waals surface area contributed by atoms with Crippen molar-refractivity contribution in [3.8, 4) is 0 Å². The molecule has 0 spiro atoms. The van der Waals surface area contributed by atoms with Crippen LogP contribution < -0.4 is 0 Å². The van der Waals surface area contributed by atoms with Crippen molar-refractivity contribution in [2.24, 2.45) is 11.8 Å². The lowest BCUT2D eigenvalue weighted by Crippen LogP contribution is -2.29. The van der Waals surface area contributed by atoms with E-state index in [2.05, 4.69) is 18.8 Å². The van der Waals surface area contributed by atoms with Crippen molar-refractivity contribution in [2.75, 3.05) is 13.1 Å². The third-order valence-corrected chi connectivity index (χ3v) is 5.50. The van der Waals surface area contributed by atoms with E-state index in [1.165, 1.54) is 16.6 Å². The summed E-state index contributed by atoms with van der Waals surface area (Å²) < 4.78 is 26.1. The van der Waals surface area contributed by atoms with E-state index in [9.17, 15) is 13.2 Å². The van der Waals surface area contributed by atoms with Crippen molar-refractivity contribution < 1.29 is 18.3 Å². The maximum Gasteiger partial charge on any atom is 0.352 e. The molecule has 106 valence electrons. The largest absolute Gasteiger partial charge is 0.477 e. The van der Waals surface area contributed by atoms with Gasteiger partial charge in [0.1, 0.15) is 10.6 Å². The summed E-state index contributed by atoms with van der Waals surface area (Å²) >= 11 is 0. The van der Waals surface area contributed by atoms with E-state index >= 15 is 0 Å². The van der Waals surface area contributed by atoms with Crippen LogP contribution in [0.2, 0.25) is 0 Å². The second kappa shape index (κ2) is 4.97. The average molecular weight is 286 g/mol. The summed E-state index contributed by atoms with van der Waals surface area (Å²) in [6.45, 7) is 5.17. The molecule has 1 fully saturated rings. The summed E-state index contributed by atoms with van der Waals surface area (Å²) in [7, 11) is -3.58. The predicted molar refractivity (Wildman–Crippen MR) is 69.5 cm³/mol. The minimum Gasteiger partial charge on any atom is -0.477 e. The third kappa shape index (κ3) is 2.66. The van der Waals surface area contributed by atoms with E-state index in [-0.39, 0.29) is 10.6 Å². The Balaban J connectivity index is 2.21. The molecule has 1 aliphatic rings. The number of aromatic amines is 1. The highest BCUT2D eigenvalue weighted by atomic mass is 32.2. The third-order valence-electron chi connectivity index (χ3n) is 3.65. The molecule has 2 heterocycles. The van der Waals surface area contributed by atoms with Crippen molar-refractivity contribution in [1.82, 2.24) is 9.29 Å². The zero-order chi connectivity index (χ0) is 14.2. The Kier molecular flexibility index (Phi) is 3.69. The molecule has 1 unspecified atom stereocenters. The Bertz CT molecular complexity index is 576. The van der Waals surface area contributed by atoms with Gasteiger partial charge >= 0.3 is 5.97 Å². The van der Waals surface area contributed by atoms with Gasteiger partial charge in [-0.05, 0) is 24.3 Å². The molecule has 0 saturated carbocycles. The number of hydrogen-bond acceptors (Lipinski definition) is 3. The number of H-pyrrole nitrogens is 1. The highest BCUT2D eigenvalue weighted by Crippen LogP contribution is 2.28. The zero-order valence-electron chi connectivity index (χ0n) is 11.0. The number of nitrogens with zero attached hydrogens (tertiary/aromatic N) is 1. The van der Waals surface area contributed by atoms with Crippen LogP contribution in [0.1, 0.15) is 30.8 Å². The van der Waals surface area contributed by atoms with E-state index in [0.29, 0.717) is 24.9 Å². The van der Waals surface area contributed by atoms with E-state index < -0.39 is 16.0 Å². The molecule has 0 radical (unpaired) electrons. The fraction of sp³-hybridized carbons (Fsp3) is 0.583. The van der Waals surface area contributed by atoms with Gasteiger partial charge < -0.3 is 10.1 Å². The van der Waals surface area contributed by atoms with Gasteiger partial charge in [-0.3, -0.25) is 0 Å². The van der Waals surface area contributed by atoms with Gasteiger partial charge in [0.25, 0.3) is 0 Å². The summed E-state index contributed by atoms with van der Waals surface area (Å²) in [5, 5.41) is 8.80. The maximum absolute atomic E-state index is 12.4. The van der Waals surface area contributed by atoms with Crippen LogP contribution in [0.5, 0.6) is 0 Å². The first-order chi connectivity index (χ1) is 8.82. The lowest BCUT2D eigenvalue weighted by molar-refractivity contribution is 0.0691. The number of carboxylic acid groups (broad SMARTS) is 1. The number of aromatic nitrogens is 1. The Morgan fingerprint density at radius 2 is 2.21 bits per heavy atom. The van der Waals surface area contributed by atoms with Crippen molar-refractivity contribution in [3.63, 3.8) is 0 Å². The monoisotopic (exact) mass is 286 g/mol. The highest BCUT2D eigenvalue weighted by molar-refractivity contribution is 7.89. The molecule has 19 heavy (non-hydrogen) atoms. The van der Waals surface area contributed by atoms with Crippen LogP contribution in [0.3, 0.4) is 0 Å². The average Bonchev–Trinajstić information content (AvgIpc) is 2.99. The summed E-state index contributed by atoms with van der Waals surface area (Å²) in [5.41, 5.74) is -0.113. The molecule has 2 rings (SSSR count). The number of rotatable bonds is 4. The Hall–Kier alpha value is -1.34. The maximum atomic E-state index is 12.4. The molecular weight excluding hydrogens is 268 g/mol. The van der Waals surface area contributed by atoms with Crippen molar-refractivity contribution in [1.29, 1.82) is 0 Å². The quantitative estimate of drug-likeness (QED) is 0.875. The number of carbonyl (C=O) groups is 1. The van der Waals surface area contributed by atoms with Crippen LogP contribution in [0.15, 0.2) is 17.2 Å². The lowest BCUT2D eigenvalue weighted by atomic mass is 9.96. The SMILES string of the molecule is CC(C)C1CCN(S(=O)(=O)c2c[nH]c(C(=O)O)c2)C1. The van der Waals surface area contributed by atoms with E-state index in [1.54, 1.807) is 0 Å². The molecule has 0 aliphatic carbocycles. The van der Waals surface area contributed by atoms with E-state index in [4.69, 9.17) is 5.11 Å². The number of sulfonamides is 1. The molecule has 2 N–H and O–H groups in total. The standard InChI is InChI=1S/C12H18N2O4S/c1-8(2)9-3-4-14(7-9)19(17,18)10-5-11(12(15)16)13-6-10/h5-6,8-9,13H,3-4,7H2,1-2H3,(H,15,16). The molecule has 0 bridgehead atoms. The topological polar surface area (TPSA) is 90.5 Å². The van der Waals surface area contributed by atoms with Crippen LogP contribution in [0.25, 0.3) is 0 Å². The second-order valence-corrected chi connectivity index (χ2v) is 7.15. The molecule has 0 aromatic carbocycles. The van der Waals surface area contributed by atoms with Gasteiger partial charge in [0, 0.05) is 19.3 Å². The Morgan fingerprint density at radius 3 is 2.68 bits per heavy atom. The number of carboxylic acids is 1. The van der Waals surface area contributed by atoms with Crippen molar-refractivity contribution >= 4 is 16.0 Å². The lowest BCUT2D eigenvalue weighted by Gasteiger charge is -2.17. The first-order valence-corrected chi connectivity index (χ1v) is 7.68. The van der Waals surface area contributed by atoms with Crippen molar-refractivity contribution in [2.45, 2.75) is 25.2 Å².